The van der Waals surface area contributed by atoms with E-state index >= 15 is 0 Å². The first-order valence-corrected chi connectivity index (χ1v) is 14.3. The van der Waals surface area contributed by atoms with Crippen LogP contribution < -0.4 is 19.5 Å². The summed E-state index contributed by atoms with van der Waals surface area (Å²) >= 11 is 0. The van der Waals surface area contributed by atoms with Crippen molar-refractivity contribution < 1.29 is 28.5 Å². The number of carbonyl (C=O) groups excluding carboxylic acids is 2. The maximum absolute atomic E-state index is 14.1. The molecule has 1 atom stereocenters. The molecule has 2 amide bonds. The summed E-state index contributed by atoms with van der Waals surface area (Å²) in [5.41, 5.74) is 2.64. The second-order valence-electron chi connectivity index (χ2n) is 10.2. The van der Waals surface area contributed by atoms with E-state index in [2.05, 4.69) is 10.2 Å². The van der Waals surface area contributed by atoms with Crippen LogP contribution >= 0.6 is 0 Å². The zero-order chi connectivity index (χ0) is 29.7. The van der Waals surface area contributed by atoms with Crippen LogP contribution in [0.4, 0.5) is 0 Å². The lowest BCUT2D eigenvalue weighted by molar-refractivity contribution is -0.140. The number of hydrogen-bond acceptors (Lipinski definition) is 7. The van der Waals surface area contributed by atoms with Crippen molar-refractivity contribution in [1.29, 1.82) is 0 Å². The molecule has 1 aliphatic rings. The van der Waals surface area contributed by atoms with Gasteiger partial charge in [-0.25, -0.2) is 0 Å². The Morgan fingerprint density at radius 2 is 1.55 bits per heavy atom. The van der Waals surface area contributed by atoms with Crippen molar-refractivity contribution in [3.8, 4) is 17.2 Å². The maximum Gasteiger partial charge on any atom is 0.243 e. The van der Waals surface area contributed by atoms with Gasteiger partial charge in [-0.2, -0.15) is 0 Å². The third-order valence-corrected chi connectivity index (χ3v) is 7.42. The lowest BCUT2D eigenvalue weighted by Crippen LogP contribution is -2.52. The number of nitrogens with zero attached hydrogens (tertiary/aromatic N) is 2. The highest BCUT2D eigenvalue weighted by Crippen LogP contribution is 2.28. The number of hydrogen-bond donors (Lipinski definition) is 1. The van der Waals surface area contributed by atoms with Crippen molar-refractivity contribution in [1.82, 2.24) is 15.1 Å². The summed E-state index contributed by atoms with van der Waals surface area (Å²) in [5, 5.41) is 3.12. The molecule has 9 nitrogen and oxygen atoms in total. The molecule has 42 heavy (non-hydrogen) atoms. The molecule has 3 aromatic carbocycles. The summed E-state index contributed by atoms with van der Waals surface area (Å²) in [6, 6.07) is 22.1. The van der Waals surface area contributed by atoms with Crippen LogP contribution in [0.1, 0.15) is 16.7 Å². The van der Waals surface area contributed by atoms with E-state index < -0.39 is 6.04 Å². The molecular weight excluding hydrogens is 534 g/mol. The quantitative estimate of drug-likeness (QED) is 0.315. The molecule has 4 rings (SSSR count). The third-order valence-electron chi connectivity index (χ3n) is 7.42. The molecule has 0 aliphatic carbocycles. The van der Waals surface area contributed by atoms with Crippen molar-refractivity contribution in [2.45, 2.75) is 25.4 Å². The number of rotatable bonds is 14. The van der Waals surface area contributed by atoms with Crippen LogP contribution in [-0.4, -0.2) is 88.4 Å². The molecule has 9 heteroatoms. The average molecular weight is 576 g/mol. The predicted octanol–water partition coefficient (Wildman–Crippen LogP) is 3.34. The van der Waals surface area contributed by atoms with E-state index in [0.29, 0.717) is 37.7 Å². The summed E-state index contributed by atoms with van der Waals surface area (Å²) in [7, 11) is 4.76. The van der Waals surface area contributed by atoms with E-state index in [-0.39, 0.29) is 24.8 Å². The van der Waals surface area contributed by atoms with Gasteiger partial charge in [0.1, 0.15) is 11.8 Å². The number of amides is 2. The molecule has 0 saturated carbocycles. The van der Waals surface area contributed by atoms with Gasteiger partial charge >= 0.3 is 0 Å². The summed E-state index contributed by atoms with van der Waals surface area (Å²) in [6.07, 6.45) is 0.487. The van der Waals surface area contributed by atoms with E-state index in [1.54, 1.807) is 38.4 Å². The fourth-order valence-corrected chi connectivity index (χ4v) is 5.03. The zero-order valence-electron chi connectivity index (χ0n) is 24.7. The highest BCUT2D eigenvalue weighted by Gasteiger charge is 2.30. The van der Waals surface area contributed by atoms with Crippen molar-refractivity contribution in [3.05, 3.63) is 89.5 Å². The van der Waals surface area contributed by atoms with Crippen LogP contribution in [0, 0.1) is 0 Å². The standard InChI is InChI=1S/C33H41N3O6/c1-39-28-12-9-26(10-13-28)24-36(32(37)23-27-11-14-30(40-2)31(22-27)41-3)29(21-25-7-5-4-6-8-25)33(38)34-15-16-35-17-19-42-20-18-35/h4-14,22,29H,15-21,23-24H2,1-3H3,(H,34,38). The molecule has 1 fully saturated rings. The average Bonchev–Trinajstić information content (AvgIpc) is 3.03. The minimum atomic E-state index is -0.716. The minimum Gasteiger partial charge on any atom is -0.497 e. The molecule has 3 aromatic rings. The van der Waals surface area contributed by atoms with Gasteiger partial charge in [0.15, 0.2) is 11.5 Å². The van der Waals surface area contributed by atoms with Gasteiger partial charge in [-0.05, 0) is 41.0 Å². The van der Waals surface area contributed by atoms with Crippen LogP contribution in [0.25, 0.3) is 0 Å². The lowest BCUT2D eigenvalue weighted by Gasteiger charge is -2.32. The Morgan fingerprint density at radius 1 is 0.857 bits per heavy atom. The second kappa shape index (κ2) is 15.8. The Morgan fingerprint density at radius 3 is 2.21 bits per heavy atom. The number of methoxy groups -OCH3 is 3. The summed E-state index contributed by atoms with van der Waals surface area (Å²) in [5.74, 6) is 1.52. The topological polar surface area (TPSA) is 89.6 Å². The van der Waals surface area contributed by atoms with E-state index in [9.17, 15) is 9.59 Å². The van der Waals surface area contributed by atoms with E-state index in [0.717, 1.165) is 42.1 Å². The van der Waals surface area contributed by atoms with Crippen molar-refractivity contribution in [3.63, 3.8) is 0 Å². The first kappa shape index (κ1) is 30.9. The smallest absolute Gasteiger partial charge is 0.243 e. The van der Waals surface area contributed by atoms with Gasteiger partial charge in [-0.15, -0.1) is 0 Å². The molecule has 224 valence electrons. The van der Waals surface area contributed by atoms with Gasteiger partial charge in [-0.1, -0.05) is 48.5 Å². The first-order chi connectivity index (χ1) is 20.5. The molecule has 1 saturated heterocycles. The monoisotopic (exact) mass is 575 g/mol. The molecule has 1 N–H and O–H groups in total. The van der Waals surface area contributed by atoms with Crippen LogP contribution in [0.5, 0.6) is 17.2 Å². The Labute approximate surface area is 248 Å². The highest BCUT2D eigenvalue weighted by atomic mass is 16.5. The number of ether oxygens (including phenoxy) is 4. The Bertz CT molecular complexity index is 1280. The minimum absolute atomic E-state index is 0.100. The molecule has 1 unspecified atom stereocenters. The van der Waals surface area contributed by atoms with E-state index in [1.165, 1.54) is 0 Å². The maximum atomic E-state index is 14.1. The van der Waals surface area contributed by atoms with Gasteiger partial charge in [0.05, 0.1) is 41.0 Å². The van der Waals surface area contributed by atoms with Gasteiger partial charge < -0.3 is 29.2 Å². The van der Waals surface area contributed by atoms with E-state index in [1.807, 2.05) is 60.7 Å². The predicted molar refractivity (Wildman–Crippen MR) is 161 cm³/mol. The highest BCUT2D eigenvalue weighted by molar-refractivity contribution is 5.89. The van der Waals surface area contributed by atoms with Crippen molar-refractivity contribution >= 4 is 11.8 Å². The zero-order valence-corrected chi connectivity index (χ0v) is 24.7. The number of benzene rings is 3. The van der Waals surface area contributed by atoms with Crippen molar-refractivity contribution in [2.24, 2.45) is 0 Å². The summed E-state index contributed by atoms with van der Waals surface area (Å²) in [4.78, 5) is 31.9. The fraction of sp³-hybridized carbons (Fsp3) is 0.394. The second-order valence-corrected chi connectivity index (χ2v) is 10.2. The van der Waals surface area contributed by atoms with Crippen LogP contribution in [0.15, 0.2) is 72.8 Å². The Kier molecular flexibility index (Phi) is 11.6. The SMILES string of the molecule is COc1ccc(CN(C(=O)Cc2ccc(OC)c(OC)c2)C(Cc2ccccc2)C(=O)NCCN2CCOCC2)cc1. The largest absolute Gasteiger partial charge is 0.497 e. The normalized spacial score (nSPS) is 14.1. The molecule has 1 heterocycles. The third kappa shape index (κ3) is 8.71. The van der Waals surface area contributed by atoms with Gasteiger partial charge in [0.25, 0.3) is 0 Å². The molecule has 0 aromatic heterocycles. The number of nitrogens with one attached hydrogen (secondary N) is 1. The number of morpholine rings is 1. The van der Waals surface area contributed by atoms with Gasteiger partial charge in [0.2, 0.25) is 11.8 Å². The lowest BCUT2D eigenvalue weighted by atomic mass is 10.0. The van der Waals surface area contributed by atoms with Crippen molar-refractivity contribution in [2.75, 3.05) is 60.7 Å². The molecule has 0 spiro atoms. The molecule has 0 bridgehead atoms. The van der Waals surface area contributed by atoms with E-state index in [4.69, 9.17) is 18.9 Å². The molecule has 1 aliphatic heterocycles. The first-order valence-electron chi connectivity index (χ1n) is 14.3. The van der Waals surface area contributed by atoms with Crippen LogP contribution in [0.3, 0.4) is 0 Å². The summed E-state index contributed by atoms with van der Waals surface area (Å²) in [6.45, 7) is 4.57. The Balaban J connectivity index is 1.60. The van der Waals surface area contributed by atoms with Gasteiger partial charge in [0, 0.05) is 39.1 Å². The van der Waals surface area contributed by atoms with Gasteiger partial charge in [-0.3, -0.25) is 14.5 Å². The van der Waals surface area contributed by atoms with Crippen LogP contribution in [-0.2, 0) is 33.7 Å². The molecule has 0 radical (unpaired) electrons. The summed E-state index contributed by atoms with van der Waals surface area (Å²) < 4.78 is 21.6. The molecular formula is C33H41N3O6. The fourth-order valence-electron chi connectivity index (χ4n) is 5.03. The van der Waals surface area contributed by atoms with Crippen LogP contribution in [0.2, 0.25) is 0 Å². The number of carbonyl (C=O) groups is 2. The Hall–Kier alpha value is -4.08.